The fourth-order valence-corrected chi connectivity index (χ4v) is 5.68. The molecule has 0 saturated carbocycles. The highest BCUT2D eigenvalue weighted by Gasteiger charge is 2.57. The van der Waals surface area contributed by atoms with Crippen molar-refractivity contribution < 1.29 is 55.7 Å². The van der Waals surface area contributed by atoms with Crippen molar-refractivity contribution in [2.75, 3.05) is 25.4 Å². The number of nitrogen functional groups attached to an aromatic ring is 1. The van der Waals surface area contributed by atoms with Crippen LogP contribution in [0.25, 0.3) is 11.1 Å². The number of thiazole rings is 1. The van der Waals surface area contributed by atoms with E-state index in [1.54, 1.807) is 54.2 Å². The second-order valence-corrected chi connectivity index (χ2v) is 13.4. The lowest BCUT2D eigenvalue weighted by Gasteiger charge is -2.51. The van der Waals surface area contributed by atoms with Crippen LogP contribution in [0.1, 0.15) is 30.0 Å². The molecule has 1 unspecified atom stereocenters. The number of nitrogens with zero attached hydrogens (tertiary/aromatic N) is 4. The Hall–Kier alpha value is -5.26. The van der Waals surface area contributed by atoms with E-state index in [0.717, 1.165) is 22.5 Å². The van der Waals surface area contributed by atoms with E-state index >= 15 is 0 Å². The lowest BCUT2D eigenvalue weighted by molar-refractivity contribution is -0.673. The van der Waals surface area contributed by atoms with E-state index in [9.17, 15) is 37.3 Å². The van der Waals surface area contributed by atoms with E-state index in [-0.39, 0.29) is 41.6 Å². The number of oxime groups is 1. The van der Waals surface area contributed by atoms with Crippen molar-refractivity contribution in [3.05, 3.63) is 59.4 Å². The van der Waals surface area contributed by atoms with E-state index in [1.165, 1.54) is 19.2 Å². The summed E-state index contributed by atoms with van der Waals surface area (Å²) < 4.78 is 44.4. The molecular formula is C29H35N9O11S2. The lowest BCUT2D eigenvalue weighted by Crippen LogP contribution is -2.76. The normalized spacial score (nSPS) is 16.3. The molecule has 4 rings (SSSR count). The number of carbonyl (C=O) groups excluding carboxylic acids is 3. The van der Waals surface area contributed by atoms with E-state index in [0.29, 0.717) is 10.8 Å². The summed E-state index contributed by atoms with van der Waals surface area (Å²) in [5.74, 6) is -3.65. The molecule has 2 atom stereocenters. The van der Waals surface area contributed by atoms with E-state index < -0.39 is 58.2 Å². The van der Waals surface area contributed by atoms with E-state index in [1.807, 2.05) is 0 Å². The summed E-state index contributed by atoms with van der Waals surface area (Å²) in [6.45, 7) is 2.49. The number of pyridine rings is 1. The number of nitrogens with one attached hydrogen (secondary N) is 2. The number of β-lactam (4-membered cyclic amide) rings is 1. The predicted octanol–water partition coefficient (Wildman–Crippen LogP) is -2.02. The first-order valence-corrected chi connectivity index (χ1v) is 17.1. The lowest BCUT2D eigenvalue weighted by atomic mass is 9.84. The summed E-state index contributed by atoms with van der Waals surface area (Å²) in [4.78, 5) is 59.5. The molecule has 51 heavy (non-hydrogen) atoms. The SMILES string of the molecule is C[n+]1cc(-c2ccc(OCC(O/N=C(\C(=O)N[C@@H]3C(=O)N(OS(=O)(=O)[O-])C3(C)C)c3csc(N)n3)C(=O)O)cc2)ccc1C(=O)NC(CN)CN. The molecule has 1 aromatic carbocycles. The first-order chi connectivity index (χ1) is 23.9. The van der Waals surface area contributed by atoms with Crippen molar-refractivity contribution in [1.82, 2.24) is 20.7 Å². The van der Waals surface area contributed by atoms with Crippen molar-refractivity contribution in [1.29, 1.82) is 0 Å². The highest BCUT2D eigenvalue weighted by molar-refractivity contribution is 7.80. The number of hydrogen-bond acceptors (Lipinski definition) is 16. The smallest absolute Gasteiger partial charge is 0.351 e. The maximum absolute atomic E-state index is 13.2. The van der Waals surface area contributed by atoms with Crippen LogP contribution < -0.4 is 37.1 Å². The molecule has 9 N–H and O–H groups in total. The summed E-state index contributed by atoms with van der Waals surface area (Å²) in [5.41, 5.74) is 16.7. The Kier molecular flexibility index (Phi) is 11.9. The molecule has 22 heteroatoms. The Labute approximate surface area is 295 Å². The van der Waals surface area contributed by atoms with Gasteiger partial charge in [-0.05, 0) is 37.6 Å². The van der Waals surface area contributed by atoms with Crippen LogP contribution >= 0.6 is 11.3 Å². The molecule has 3 heterocycles. The Balaban J connectivity index is 1.43. The summed E-state index contributed by atoms with van der Waals surface area (Å²) in [6, 6.07) is 8.28. The number of aliphatic carboxylic acids is 1. The minimum atomic E-state index is -5.28. The minimum Gasteiger partial charge on any atom is -0.724 e. The van der Waals surface area contributed by atoms with E-state index in [2.05, 4.69) is 25.1 Å². The third-order valence-electron chi connectivity index (χ3n) is 7.50. The van der Waals surface area contributed by atoms with Gasteiger partial charge in [0.15, 0.2) is 17.0 Å². The number of aromatic nitrogens is 2. The van der Waals surface area contributed by atoms with Crippen LogP contribution in [0.2, 0.25) is 0 Å². The number of benzene rings is 1. The number of rotatable bonds is 16. The number of hydroxylamine groups is 2. The number of amides is 3. The molecular weight excluding hydrogens is 715 g/mol. The predicted molar refractivity (Wildman–Crippen MR) is 177 cm³/mol. The van der Waals surface area contributed by atoms with Gasteiger partial charge in [0.2, 0.25) is 10.4 Å². The third-order valence-corrected chi connectivity index (χ3v) is 8.51. The number of carboxylic acids is 1. The van der Waals surface area contributed by atoms with Gasteiger partial charge in [-0.15, -0.1) is 11.3 Å². The number of aryl methyl sites for hydroxylation is 1. The number of ether oxygens (including phenoxy) is 1. The maximum Gasteiger partial charge on any atom is 0.351 e. The van der Waals surface area contributed by atoms with Crippen LogP contribution in [0.3, 0.4) is 0 Å². The van der Waals surface area contributed by atoms with Gasteiger partial charge in [0.1, 0.15) is 31.1 Å². The van der Waals surface area contributed by atoms with Crippen molar-refractivity contribution >= 4 is 56.3 Å². The van der Waals surface area contributed by atoms with Gasteiger partial charge in [-0.1, -0.05) is 17.3 Å². The van der Waals surface area contributed by atoms with E-state index in [4.69, 9.17) is 26.8 Å². The van der Waals surface area contributed by atoms with Crippen LogP contribution in [0.4, 0.5) is 5.13 Å². The average molecular weight is 750 g/mol. The molecule has 0 aliphatic carbocycles. The van der Waals surface area contributed by atoms with Gasteiger partial charge in [0.25, 0.3) is 23.6 Å². The third kappa shape index (κ3) is 9.30. The first kappa shape index (κ1) is 38.5. The zero-order valence-electron chi connectivity index (χ0n) is 27.3. The molecule has 3 amide bonds. The molecule has 2 aromatic heterocycles. The summed E-state index contributed by atoms with van der Waals surface area (Å²) >= 11 is 0.935. The fourth-order valence-electron chi connectivity index (χ4n) is 4.68. The summed E-state index contributed by atoms with van der Waals surface area (Å²) in [5, 5.41) is 20.2. The van der Waals surface area contributed by atoms with Crippen molar-refractivity contribution in [3.8, 4) is 16.9 Å². The maximum atomic E-state index is 13.2. The number of nitrogens with two attached hydrogens (primary N) is 3. The van der Waals surface area contributed by atoms with Crippen molar-refractivity contribution in [2.24, 2.45) is 23.7 Å². The number of hydrogen-bond donors (Lipinski definition) is 6. The molecule has 1 fully saturated rings. The Bertz CT molecular complexity index is 1930. The molecule has 0 radical (unpaired) electrons. The van der Waals surface area contributed by atoms with Gasteiger partial charge in [-0.25, -0.2) is 18.2 Å². The minimum absolute atomic E-state index is 0.0331. The van der Waals surface area contributed by atoms with Gasteiger partial charge in [-0.3, -0.25) is 14.4 Å². The molecule has 3 aromatic rings. The first-order valence-electron chi connectivity index (χ1n) is 14.9. The Morgan fingerprint density at radius 3 is 2.33 bits per heavy atom. The quantitative estimate of drug-likeness (QED) is 0.0230. The largest absolute Gasteiger partial charge is 0.724 e. The highest BCUT2D eigenvalue weighted by atomic mass is 32.3. The van der Waals surface area contributed by atoms with Gasteiger partial charge < -0.3 is 47.1 Å². The summed E-state index contributed by atoms with van der Waals surface area (Å²) in [6.07, 6.45) is 0.0239. The van der Waals surface area contributed by atoms with Gasteiger partial charge >= 0.3 is 11.9 Å². The monoisotopic (exact) mass is 749 g/mol. The molecule has 1 aliphatic rings. The van der Waals surface area contributed by atoms with Crippen molar-refractivity contribution in [2.45, 2.75) is 37.6 Å². The van der Waals surface area contributed by atoms with Crippen LogP contribution in [0, 0.1) is 0 Å². The highest BCUT2D eigenvalue weighted by Crippen LogP contribution is 2.33. The number of anilines is 1. The number of carboxylic acid groups (broad SMARTS) is 1. The zero-order chi connectivity index (χ0) is 37.7. The second-order valence-electron chi connectivity index (χ2n) is 11.5. The Morgan fingerprint density at radius 2 is 1.80 bits per heavy atom. The van der Waals surface area contributed by atoms with Crippen molar-refractivity contribution in [3.63, 3.8) is 0 Å². The van der Waals surface area contributed by atoms with Crippen LogP contribution in [-0.4, -0.2) is 101 Å². The van der Waals surface area contributed by atoms with Gasteiger partial charge in [0, 0.05) is 30.1 Å². The molecule has 0 bridgehead atoms. The molecule has 20 nitrogen and oxygen atoms in total. The summed E-state index contributed by atoms with van der Waals surface area (Å²) in [7, 11) is -3.57. The second kappa shape index (κ2) is 15.7. The standard InChI is InChI=1S/C29H35N9O11S2/c1-29(2)23(26(41)38(29)49-51(44,45)46)35-25(40)22(19-14-50-28(32)34-19)36-48-21(27(42)43)13-47-18-7-4-15(5-8-18)16-6-9-20(37(3)12-16)24(39)33-17(10-30)11-31/h4-9,12,14,17,21,23H,10-11,13,30-31H2,1-3H3,(H5-,32,33,34,35,39,40,42,43,44,45,46)/b36-22-/t21?,23-/m1/s1. The molecule has 0 spiro atoms. The molecule has 274 valence electrons. The van der Waals surface area contributed by atoms with Crippen LogP contribution in [-0.2, 0) is 41.0 Å². The zero-order valence-corrected chi connectivity index (χ0v) is 29.0. The average Bonchev–Trinajstić information content (AvgIpc) is 3.51. The van der Waals surface area contributed by atoms with Crippen LogP contribution in [0.15, 0.2) is 53.1 Å². The molecule has 1 saturated heterocycles. The number of carbonyl (C=O) groups is 4. The topological polar surface area (TPSA) is 308 Å². The molecule has 1 aliphatic heterocycles. The fraction of sp³-hybridized carbons (Fsp3) is 0.345. The Morgan fingerprint density at radius 1 is 1.16 bits per heavy atom. The van der Waals surface area contributed by atoms with Crippen LogP contribution in [0.5, 0.6) is 5.75 Å². The van der Waals surface area contributed by atoms with Gasteiger partial charge in [0.05, 0.1) is 11.6 Å². The van der Waals surface area contributed by atoms with Gasteiger partial charge in [-0.2, -0.15) is 13.9 Å².